The molecular formula is C32H39N5O5Si. The first kappa shape index (κ1) is 30.2. The Hall–Kier alpha value is -4.22. The third-order valence-corrected chi connectivity index (χ3v) is 8.49. The number of hydrogen-bond donors (Lipinski definition) is 1. The molecule has 43 heavy (non-hydrogen) atoms. The first-order valence-corrected chi connectivity index (χ1v) is 18.1. The normalized spacial score (nSPS) is 12.2. The van der Waals surface area contributed by atoms with Gasteiger partial charge in [-0.2, -0.15) is 5.10 Å². The number of para-hydroxylation sites is 1. The Labute approximate surface area is 251 Å². The fourth-order valence-corrected chi connectivity index (χ4v) is 5.42. The summed E-state index contributed by atoms with van der Waals surface area (Å²) in [6, 6.07) is 14.9. The molecule has 0 aliphatic heterocycles. The average molecular weight is 602 g/mol. The number of hydrogen-bond acceptors (Lipinski definition) is 8. The van der Waals surface area contributed by atoms with Crippen LogP contribution < -0.4 is 10.9 Å². The number of aromatic nitrogens is 4. The zero-order chi connectivity index (χ0) is 30.8. The molecule has 3 heterocycles. The predicted octanol–water partition coefficient (Wildman–Crippen LogP) is 6.27. The Balaban J connectivity index is 1.38. The van der Waals surface area contributed by atoms with E-state index in [0.717, 1.165) is 33.5 Å². The van der Waals surface area contributed by atoms with Crippen molar-refractivity contribution in [3.8, 4) is 11.4 Å². The number of benzene rings is 2. The van der Waals surface area contributed by atoms with Gasteiger partial charge in [0, 0.05) is 38.2 Å². The maximum absolute atomic E-state index is 13.7. The van der Waals surface area contributed by atoms with Gasteiger partial charge in [0.1, 0.15) is 41.6 Å². The number of nitrogens with one attached hydrogen (secondary N) is 1. The quantitative estimate of drug-likeness (QED) is 0.107. The van der Waals surface area contributed by atoms with Gasteiger partial charge in [-0.15, -0.1) is 0 Å². The van der Waals surface area contributed by atoms with Gasteiger partial charge in [0.15, 0.2) is 0 Å². The van der Waals surface area contributed by atoms with Crippen molar-refractivity contribution >= 4 is 41.7 Å². The van der Waals surface area contributed by atoms with E-state index in [4.69, 9.17) is 13.9 Å². The molecule has 0 atom stereocenters. The number of rotatable bonds is 11. The smallest absolute Gasteiger partial charge is 0.326 e. The molecule has 0 saturated carbocycles. The van der Waals surface area contributed by atoms with Crippen LogP contribution in [-0.4, -0.2) is 45.6 Å². The highest BCUT2D eigenvalue weighted by atomic mass is 28.3. The van der Waals surface area contributed by atoms with Crippen molar-refractivity contribution in [3.63, 3.8) is 0 Å². The van der Waals surface area contributed by atoms with Crippen LogP contribution in [0.1, 0.15) is 26.3 Å². The van der Waals surface area contributed by atoms with Crippen molar-refractivity contribution in [2.75, 3.05) is 11.9 Å². The zero-order valence-electron chi connectivity index (χ0n) is 25.6. The third kappa shape index (κ3) is 7.60. The fourth-order valence-electron chi connectivity index (χ4n) is 4.66. The summed E-state index contributed by atoms with van der Waals surface area (Å²) in [7, 11) is -1.20. The lowest BCUT2D eigenvalue weighted by atomic mass is 10.1. The van der Waals surface area contributed by atoms with E-state index >= 15 is 0 Å². The summed E-state index contributed by atoms with van der Waals surface area (Å²) in [6.45, 7) is 13.3. The molecule has 3 aromatic heterocycles. The van der Waals surface area contributed by atoms with Gasteiger partial charge in [0.25, 0.3) is 5.56 Å². The van der Waals surface area contributed by atoms with Crippen molar-refractivity contribution in [1.29, 1.82) is 0 Å². The topological polar surface area (TPSA) is 113 Å². The lowest BCUT2D eigenvalue weighted by Crippen LogP contribution is -2.32. The van der Waals surface area contributed by atoms with E-state index < -0.39 is 19.6 Å². The molecule has 0 unspecified atom stereocenters. The van der Waals surface area contributed by atoms with Crippen LogP contribution >= 0.6 is 0 Å². The van der Waals surface area contributed by atoms with Crippen LogP contribution in [0.25, 0.3) is 33.3 Å². The van der Waals surface area contributed by atoms with Crippen LogP contribution in [0, 0.1) is 0 Å². The van der Waals surface area contributed by atoms with E-state index in [-0.39, 0.29) is 24.5 Å². The number of ether oxygens (including phenoxy) is 2. The largest absolute Gasteiger partial charge is 0.459 e. The van der Waals surface area contributed by atoms with Crippen LogP contribution in [0.15, 0.2) is 70.3 Å². The molecule has 226 valence electrons. The molecule has 0 fully saturated rings. The number of carbonyl (C=O) groups excluding carboxylic acids is 1. The number of nitrogens with zero attached hydrogens (tertiary/aromatic N) is 4. The molecule has 0 saturated heterocycles. The van der Waals surface area contributed by atoms with Gasteiger partial charge >= 0.3 is 5.97 Å². The highest BCUT2D eigenvalue weighted by Gasteiger charge is 2.21. The predicted molar refractivity (Wildman–Crippen MR) is 171 cm³/mol. The summed E-state index contributed by atoms with van der Waals surface area (Å²) in [6.07, 6.45) is 4.88. The Morgan fingerprint density at radius 2 is 1.81 bits per heavy atom. The molecule has 0 bridgehead atoms. The van der Waals surface area contributed by atoms with Gasteiger partial charge in [0.2, 0.25) is 0 Å². The second kappa shape index (κ2) is 12.2. The maximum Gasteiger partial charge on any atom is 0.326 e. The molecule has 1 N–H and O–H groups in total. The molecule has 2 aromatic carbocycles. The average Bonchev–Trinajstić information content (AvgIpc) is 3.54. The maximum atomic E-state index is 13.7. The first-order chi connectivity index (χ1) is 20.4. The number of anilines is 1. The van der Waals surface area contributed by atoms with Crippen molar-refractivity contribution < 1.29 is 18.7 Å². The standard InChI is InChI=1S/C32H39N5O5Si/c1-32(2,3)42-29(38)20-37-30(23-17-35-36(19-23)21-40-13-14-43(4,5)6)34-18-26(31(37)39)33-16-22-11-12-28-25(15-22)24-9-7-8-10-27(24)41-28/h7-12,15,17-19,33H,13-14,16,20-21H2,1-6H3. The van der Waals surface area contributed by atoms with Gasteiger partial charge in [-0.3, -0.25) is 14.2 Å². The summed E-state index contributed by atoms with van der Waals surface area (Å²) in [5, 5.41) is 9.64. The van der Waals surface area contributed by atoms with Gasteiger partial charge in [-0.25, -0.2) is 9.67 Å². The lowest BCUT2D eigenvalue weighted by molar-refractivity contribution is -0.155. The number of carbonyl (C=O) groups is 1. The summed E-state index contributed by atoms with van der Waals surface area (Å²) in [4.78, 5) is 31.2. The highest BCUT2D eigenvalue weighted by Crippen LogP contribution is 2.29. The van der Waals surface area contributed by atoms with Crippen molar-refractivity contribution in [1.82, 2.24) is 19.3 Å². The summed E-state index contributed by atoms with van der Waals surface area (Å²) < 4.78 is 20.3. The van der Waals surface area contributed by atoms with Gasteiger partial charge in [-0.05, 0) is 50.6 Å². The Morgan fingerprint density at radius 1 is 1.05 bits per heavy atom. The van der Waals surface area contributed by atoms with E-state index in [1.165, 1.54) is 10.8 Å². The molecule has 0 aliphatic carbocycles. The molecule has 10 nitrogen and oxygen atoms in total. The Kier molecular flexibility index (Phi) is 8.56. The minimum absolute atomic E-state index is 0.270. The number of fused-ring (bicyclic) bond motifs is 3. The number of furan rings is 1. The zero-order valence-corrected chi connectivity index (χ0v) is 26.6. The summed E-state index contributed by atoms with van der Waals surface area (Å²) >= 11 is 0. The molecule has 5 rings (SSSR count). The minimum atomic E-state index is -1.20. The van der Waals surface area contributed by atoms with Crippen molar-refractivity contribution in [2.45, 2.75) is 71.9 Å². The van der Waals surface area contributed by atoms with Gasteiger partial charge < -0.3 is 19.2 Å². The molecule has 11 heteroatoms. The Morgan fingerprint density at radius 3 is 2.58 bits per heavy atom. The van der Waals surface area contributed by atoms with Crippen LogP contribution in [-0.2, 0) is 34.1 Å². The van der Waals surface area contributed by atoms with E-state index in [2.05, 4.69) is 41.1 Å². The molecule has 0 aliphatic rings. The number of esters is 1. The molecule has 0 radical (unpaired) electrons. The molecular weight excluding hydrogens is 562 g/mol. The fraction of sp³-hybridized carbons (Fsp3) is 0.375. The minimum Gasteiger partial charge on any atom is -0.459 e. The molecule has 0 amide bonds. The van der Waals surface area contributed by atoms with Crippen molar-refractivity contribution in [3.05, 3.63) is 77.0 Å². The van der Waals surface area contributed by atoms with E-state index in [1.807, 2.05) is 36.4 Å². The van der Waals surface area contributed by atoms with E-state index in [0.29, 0.717) is 24.5 Å². The third-order valence-electron chi connectivity index (χ3n) is 6.79. The van der Waals surface area contributed by atoms with E-state index in [9.17, 15) is 9.59 Å². The first-order valence-electron chi connectivity index (χ1n) is 14.4. The van der Waals surface area contributed by atoms with Crippen LogP contribution in [0.2, 0.25) is 25.7 Å². The summed E-state index contributed by atoms with van der Waals surface area (Å²) in [5.74, 6) is -0.213. The molecule has 0 spiro atoms. The molecule has 5 aromatic rings. The van der Waals surface area contributed by atoms with Crippen LogP contribution in [0.3, 0.4) is 0 Å². The Bertz CT molecular complexity index is 1810. The van der Waals surface area contributed by atoms with Gasteiger partial charge in [0.05, 0.1) is 18.0 Å². The highest BCUT2D eigenvalue weighted by molar-refractivity contribution is 6.76. The van der Waals surface area contributed by atoms with E-state index in [1.54, 1.807) is 37.8 Å². The SMILES string of the molecule is CC(C)(C)OC(=O)Cn1c(-c2cnn(COCC[Si](C)(C)C)c2)ncc(NCc2ccc3oc4ccccc4c3c2)c1=O. The van der Waals surface area contributed by atoms with Crippen molar-refractivity contribution in [2.24, 2.45) is 0 Å². The van der Waals surface area contributed by atoms with Crippen LogP contribution in [0.4, 0.5) is 5.69 Å². The second-order valence-electron chi connectivity index (χ2n) is 12.9. The van der Waals surface area contributed by atoms with Gasteiger partial charge in [-0.1, -0.05) is 43.9 Å². The second-order valence-corrected chi connectivity index (χ2v) is 18.5. The lowest BCUT2D eigenvalue weighted by Gasteiger charge is -2.20. The summed E-state index contributed by atoms with van der Waals surface area (Å²) in [5.41, 5.74) is 2.39. The van der Waals surface area contributed by atoms with Crippen LogP contribution in [0.5, 0.6) is 0 Å². The monoisotopic (exact) mass is 601 g/mol.